The van der Waals surface area contributed by atoms with Crippen molar-refractivity contribution >= 4 is 27.5 Å². The van der Waals surface area contributed by atoms with Crippen molar-refractivity contribution in [1.29, 1.82) is 0 Å². The molecular weight excluding hydrogens is 514 g/mol. The topological polar surface area (TPSA) is 103 Å². The molecule has 0 unspecified atom stereocenters. The number of hydrogen-bond donors (Lipinski definition) is 1. The van der Waals surface area contributed by atoms with Crippen LogP contribution in [0.3, 0.4) is 0 Å². The highest BCUT2D eigenvalue weighted by atomic mass is 79.9. The minimum absolute atomic E-state index is 0.0267. The van der Waals surface area contributed by atoms with E-state index in [1.54, 1.807) is 48.5 Å². The van der Waals surface area contributed by atoms with Crippen LogP contribution >= 0.6 is 15.9 Å². The fourth-order valence-electron chi connectivity index (χ4n) is 5.36. The zero-order valence-corrected chi connectivity index (χ0v) is 19.8. The first-order valence-electron chi connectivity index (χ1n) is 11.0. The number of carbonyl (C=O) groups excluding carboxylic acids is 2. The summed E-state index contributed by atoms with van der Waals surface area (Å²) in [6, 6.07) is 14.6. The van der Waals surface area contributed by atoms with Crippen LogP contribution in [0.15, 0.2) is 97.5 Å². The first-order valence-corrected chi connectivity index (χ1v) is 11.8. The van der Waals surface area contributed by atoms with Gasteiger partial charge in [0.05, 0.1) is 22.8 Å². The van der Waals surface area contributed by atoms with Crippen molar-refractivity contribution in [2.75, 3.05) is 0 Å². The van der Waals surface area contributed by atoms with Gasteiger partial charge in [0.25, 0.3) is 0 Å². The Labute approximate surface area is 206 Å². The second kappa shape index (κ2) is 7.78. The average molecular weight is 532 g/mol. The quantitative estimate of drug-likeness (QED) is 0.404. The van der Waals surface area contributed by atoms with E-state index in [4.69, 9.17) is 0 Å². The lowest BCUT2D eigenvalue weighted by atomic mass is 9.69. The SMILES string of the molecule is O=C1C=C(Br)C(=O)C2=C1[C@@H](c1cccc(O)c1)C1=CCn3c(=O)n(-c4ccccc4)c(=O)n3[C@@H]1C2. The average Bonchev–Trinajstić information content (AvgIpc) is 3.11. The minimum atomic E-state index is -0.643. The monoisotopic (exact) mass is 531 g/mol. The van der Waals surface area contributed by atoms with Gasteiger partial charge in [0.2, 0.25) is 0 Å². The number of fused-ring (bicyclic) bond motifs is 3. The zero-order valence-electron chi connectivity index (χ0n) is 18.2. The Kier molecular flexibility index (Phi) is 4.79. The Morgan fingerprint density at radius 1 is 0.943 bits per heavy atom. The fraction of sp³-hybridized carbons (Fsp3) is 0.154. The van der Waals surface area contributed by atoms with Gasteiger partial charge in [-0.25, -0.2) is 23.5 Å². The molecule has 35 heavy (non-hydrogen) atoms. The Morgan fingerprint density at radius 2 is 1.71 bits per heavy atom. The molecule has 0 saturated carbocycles. The van der Waals surface area contributed by atoms with Crippen LogP contribution in [0.1, 0.15) is 23.9 Å². The molecule has 1 N–H and O–H groups in total. The second-order valence-electron chi connectivity index (χ2n) is 8.69. The summed E-state index contributed by atoms with van der Waals surface area (Å²) in [5.74, 6) is -1.23. The van der Waals surface area contributed by atoms with Gasteiger partial charge < -0.3 is 5.11 Å². The maximum absolute atomic E-state index is 13.6. The summed E-state index contributed by atoms with van der Waals surface area (Å²) in [6.45, 7) is 0.138. The number of halogens is 1. The summed E-state index contributed by atoms with van der Waals surface area (Å²) < 4.78 is 4.04. The summed E-state index contributed by atoms with van der Waals surface area (Å²) in [5.41, 5.74) is 1.49. The van der Waals surface area contributed by atoms with E-state index in [1.165, 1.54) is 21.5 Å². The number of nitrogens with zero attached hydrogens (tertiary/aromatic N) is 3. The molecule has 174 valence electrons. The van der Waals surface area contributed by atoms with Gasteiger partial charge in [-0.1, -0.05) is 36.4 Å². The number of Topliss-reactive ketones (excluding diaryl/α,β-unsaturated/α-hetero) is 1. The van der Waals surface area contributed by atoms with Crippen molar-refractivity contribution in [2.45, 2.75) is 24.9 Å². The van der Waals surface area contributed by atoms with Crippen LogP contribution in [-0.4, -0.2) is 30.6 Å². The molecule has 2 atom stereocenters. The standard InChI is InChI=1S/C26H18BrN3O5/c27-19-13-21(32)23-18(24(19)33)12-20-17(22(23)14-5-4-8-16(31)11-14)9-10-28-25(34)29(26(35)30(20)28)15-6-2-1-3-7-15/h1-9,11,13,20,22,31H,10,12H2/t20-,22+/m1/s1. The second-order valence-corrected chi connectivity index (χ2v) is 9.55. The van der Waals surface area contributed by atoms with E-state index in [0.29, 0.717) is 22.4 Å². The number of phenols is 1. The summed E-state index contributed by atoms with van der Waals surface area (Å²) in [7, 11) is 0. The molecule has 2 heterocycles. The van der Waals surface area contributed by atoms with Crippen molar-refractivity contribution in [3.8, 4) is 11.4 Å². The first kappa shape index (κ1) is 21.5. The number of hydrogen-bond acceptors (Lipinski definition) is 5. The smallest absolute Gasteiger partial charge is 0.352 e. The van der Waals surface area contributed by atoms with Crippen LogP contribution in [0.2, 0.25) is 0 Å². The number of aromatic nitrogens is 3. The summed E-state index contributed by atoms with van der Waals surface area (Å²) in [6.07, 6.45) is 3.22. The number of benzene rings is 2. The van der Waals surface area contributed by atoms with E-state index in [-0.39, 0.29) is 34.8 Å². The summed E-state index contributed by atoms with van der Waals surface area (Å²) in [5, 5.41) is 10.2. The van der Waals surface area contributed by atoms with E-state index >= 15 is 0 Å². The Hall–Kier alpha value is -3.98. The molecule has 1 aliphatic heterocycles. The van der Waals surface area contributed by atoms with Crippen molar-refractivity contribution in [3.63, 3.8) is 0 Å². The Bertz CT molecular complexity index is 1650. The van der Waals surface area contributed by atoms with Gasteiger partial charge in [-0.2, -0.15) is 0 Å². The van der Waals surface area contributed by atoms with E-state index < -0.39 is 23.3 Å². The van der Waals surface area contributed by atoms with Crippen LogP contribution in [0, 0.1) is 0 Å². The lowest BCUT2D eigenvalue weighted by Crippen LogP contribution is -2.40. The molecule has 0 saturated heterocycles. The largest absolute Gasteiger partial charge is 0.508 e. The third-order valence-electron chi connectivity index (χ3n) is 6.82. The summed E-state index contributed by atoms with van der Waals surface area (Å²) >= 11 is 3.20. The maximum Gasteiger partial charge on any atom is 0.352 e. The highest BCUT2D eigenvalue weighted by Gasteiger charge is 2.45. The molecule has 3 aliphatic rings. The van der Waals surface area contributed by atoms with Crippen LogP contribution in [0.5, 0.6) is 5.75 Å². The molecule has 8 nitrogen and oxygen atoms in total. The molecular formula is C26H18BrN3O5. The van der Waals surface area contributed by atoms with Gasteiger partial charge >= 0.3 is 11.4 Å². The van der Waals surface area contributed by atoms with Crippen molar-refractivity contribution in [3.05, 3.63) is 114 Å². The molecule has 6 rings (SSSR count). The lowest BCUT2D eigenvalue weighted by Gasteiger charge is -2.39. The molecule has 0 amide bonds. The van der Waals surface area contributed by atoms with Crippen LogP contribution < -0.4 is 11.4 Å². The van der Waals surface area contributed by atoms with Gasteiger partial charge in [0, 0.05) is 29.6 Å². The number of allylic oxidation sites excluding steroid dienone is 6. The maximum atomic E-state index is 13.6. The van der Waals surface area contributed by atoms with Crippen LogP contribution in [0.4, 0.5) is 0 Å². The third-order valence-corrected chi connectivity index (χ3v) is 7.41. The van der Waals surface area contributed by atoms with Crippen molar-refractivity contribution < 1.29 is 14.7 Å². The lowest BCUT2D eigenvalue weighted by molar-refractivity contribution is -0.115. The number of phenolic OH excluding ortho intramolecular Hbond substituents is 1. The minimum Gasteiger partial charge on any atom is -0.508 e. The number of aromatic hydroxyl groups is 1. The highest BCUT2D eigenvalue weighted by Crippen LogP contribution is 2.50. The first-order chi connectivity index (χ1) is 16.9. The molecule has 9 heteroatoms. The highest BCUT2D eigenvalue weighted by molar-refractivity contribution is 9.12. The van der Waals surface area contributed by atoms with E-state index in [0.717, 1.165) is 10.1 Å². The molecule has 1 aromatic heterocycles. The van der Waals surface area contributed by atoms with Gasteiger partial charge in [-0.05, 0) is 51.3 Å². The molecule has 3 aromatic rings. The molecule has 0 radical (unpaired) electrons. The normalized spacial score (nSPS) is 21.2. The Morgan fingerprint density at radius 3 is 2.46 bits per heavy atom. The molecule has 0 fully saturated rings. The number of carbonyl (C=O) groups is 2. The predicted octanol–water partition coefficient (Wildman–Crippen LogP) is 2.90. The zero-order chi connectivity index (χ0) is 24.4. The van der Waals surface area contributed by atoms with E-state index in [1.807, 2.05) is 6.08 Å². The number of rotatable bonds is 2. The summed E-state index contributed by atoms with van der Waals surface area (Å²) in [4.78, 5) is 53.2. The predicted molar refractivity (Wildman–Crippen MR) is 131 cm³/mol. The van der Waals surface area contributed by atoms with Gasteiger partial charge in [-0.3, -0.25) is 9.59 Å². The van der Waals surface area contributed by atoms with Crippen molar-refractivity contribution in [2.24, 2.45) is 0 Å². The Balaban J connectivity index is 1.60. The fourth-order valence-corrected chi connectivity index (χ4v) is 5.81. The number of para-hydroxylation sites is 1. The van der Waals surface area contributed by atoms with E-state index in [2.05, 4.69) is 15.9 Å². The molecule has 2 aliphatic carbocycles. The molecule has 0 bridgehead atoms. The van der Waals surface area contributed by atoms with Crippen LogP contribution in [-0.2, 0) is 16.1 Å². The number of ketones is 2. The van der Waals surface area contributed by atoms with Gasteiger partial charge in [-0.15, -0.1) is 0 Å². The molecule has 2 aromatic carbocycles. The van der Waals surface area contributed by atoms with Crippen LogP contribution in [0.25, 0.3) is 5.69 Å². The van der Waals surface area contributed by atoms with Crippen molar-refractivity contribution in [1.82, 2.24) is 13.9 Å². The third kappa shape index (κ3) is 3.11. The van der Waals surface area contributed by atoms with E-state index in [9.17, 15) is 24.3 Å². The van der Waals surface area contributed by atoms with Gasteiger partial charge in [0.15, 0.2) is 11.6 Å². The van der Waals surface area contributed by atoms with Gasteiger partial charge in [0.1, 0.15) is 5.75 Å². The molecule has 0 spiro atoms.